The molecular formula is C20H15ClN2O4. The fraction of sp³-hybridized carbons (Fsp3) is 0.100. The number of carbonyl (C=O) groups is 1. The molecule has 1 aliphatic rings. The number of hydrogen-bond donors (Lipinski definition) is 1. The third-order valence-electron chi connectivity index (χ3n) is 3.96. The summed E-state index contributed by atoms with van der Waals surface area (Å²) in [4.78, 5) is 12.0. The summed E-state index contributed by atoms with van der Waals surface area (Å²) in [5.41, 5.74) is 2.35. The largest absolute Gasteiger partial charge is 0.454 e. The summed E-state index contributed by atoms with van der Waals surface area (Å²) in [6.45, 7) is 0.486. The van der Waals surface area contributed by atoms with Crippen LogP contribution in [0.15, 0.2) is 59.1 Å². The molecule has 0 spiro atoms. The molecule has 4 rings (SSSR count). The van der Waals surface area contributed by atoms with Crippen molar-refractivity contribution in [2.24, 2.45) is 0 Å². The van der Waals surface area contributed by atoms with Crippen LogP contribution in [0.3, 0.4) is 0 Å². The van der Waals surface area contributed by atoms with Gasteiger partial charge >= 0.3 is 0 Å². The first-order valence-corrected chi connectivity index (χ1v) is 8.62. The molecule has 2 aromatic carbocycles. The summed E-state index contributed by atoms with van der Waals surface area (Å²) in [7, 11) is 0. The molecule has 136 valence electrons. The van der Waals surface area contributed by atoms with Crippen molar-refractivity contribution in [1.29, 1.82) is 0 Å². The fourth-order valence-electron chi connectivity index (χ4n) is 2.57. The Hall–Kier alpha value is -3.25. The van der Waals surface area contributed by atoms with E-state index in [0.29, 0.717) is 28.0 Å². The molecule has 6 nitrogen and oxygen atoms in total. The van der Waals surface area contributed by atoms with Gasteiger partial charge in [0, 0.05) is 22.7 Å². The van der Waals surface area contributed by atoms with Crippen LogP contribution in [0.2, 0.25) is 5.02 Å². The Kier molecular flexibility index (Phi) is 4.80. The Morgan fingerprint density at radius 2 is 1.93 bits per heavy atom. The minimum absolute atomic E-state index is 0.221. The number of nitrogens with zero attached hydrogens (tertiary/aromatic N) is 1. The zero-order valence-electron chi connectivity index (χ0n) is 14.1. The lowest BCUT2D eigenvalue weighted by Crippen LogP contribution is -2.20. The number of ether oxygens (including phenoxy) is 2. The maximum Gasteiger partial charge on any atom is 0.244 e. The fourth-order valence-corrected chi connectivity index (χ4v) is 2.70. The molecule has 0 saturated heterocycles. The second kappa shape index (κ2) is 7.55. The Morgan fingerprint density at radius 1 is 1.11 bits per heavy atom. The van der Waals surface area contributed by atoms with Gasteiger partial charge in [-0.15, -0.1) is 0 Å². The summed E-state index contributed by atoms with van der Waals surface area (Å²) in [5, 5.41) is 7.39. The molecule has 1 amide bonds. The second-order valence-corrected chi connectivity index (χ2v) is 6.29. The van der Waals surface area contributed by atoms with E-state index in [9.17, 15) is 4.79 Å². The lowest BCUT2D eigenvalue weighted by molar-refractivity contribution is -0.116. The van der Waals surface area contributed by atoms with Gasteiger partial charge in [0.05, 0.1) is 6.54 Å². The number of nitrogens with one attached hydrogen (secondary N) is 1. The van der Waals surface area contributed by atoms with Crippen LogP contribution in [0, 0.1) is 0 Å². The highest BCUT2D eigenvalue weighted by Crippen LogP contribution is 2.32. The third-order valence-corrected chi connectivity index (χ3v) is 4.21. The molecule has 0 fully saturated rings. The molecule has 27 heavy (non-hydrogen) atoms. The summed E-state index contributed by atoms with van der Waals surface area (Å²) >= 11 is 5.88. The Morgan fingerprint density at radius 3 is 2.78 bits per heavy atom. The van der Waals surface area contributed by atoms with Gasteiger partial charge in [0.25, 0.3) is 0 Å². The Bertz CT molecular complexity index is 995. The normalized spacial score (nSPS) is 12.5. The lowest BCUT2D eigenvalue weighted by atomic mass is 10.1. The van der Waals surface area contributed by atoms with Gasteiger partial charge in [0.2, 0.25) is 12.7 Å². The molecule has 0 unspecified atom stereocenters. The van der Waals surface area contributed by atoms with Crippen LogP contribution in [0.4, 0.5) is 0 Å². The Balaban J connectivity index is 1.33. The van der Waals surface area contributed by atoms with E-state index in [-0.39, 0.29) is 19.2 Å². The highest BCUT2D eigenvalue weighted by atomic mass is 35.5. The van der Waals surface area contributed by atoms with E-state index in [1.165, 1.54) is 6.08 Å². The standard InChI is InChI=1S/C20H15ClN2O4/c21-15-5-3-14(4-6-15)18-10-16(23-27-18)11-22-20(24)8-2-13-1-7-17-19(9-13)26-12-25-17/h1-10H,11-12H2,(H,22,24)/b8-2+. The average molecular weight is 383 g/mol. The number of fused-ring (bicyclic) bond motifs is 1. The molecule has 0 bridgehead atoms. The number of halogens is 1. The monoisotopic (exact) mass is 382 g/mol. The van der Waals surface area contributed by atoms with Crippen molar-refractivity contribution in [2.75, 3.05) is 6.79 Å². The van der Waals surface area contributed by atoms with Gasteiger partial charge in [0.15, 0.2) is 17.3 Å². The van der Waals surface area contributed by atoms with Crippen LogP contribution in [-0.2, 0) is 11.3 Å². The zero-order valence-corrected chi connectivity index (χ0v) is 14.9. The summed E-state index contributed by atoms with van der Waals surface area (Å²) in [5.74, 6) is 1.77. The van der Waals surface area contributed by atoms with Crippen molar-refractivity contribution in [1.82, 2.24) is 10.5 Å². The van der Waals surface area contributed by atoms with Crippen LogP contribution in [0.25, 0.3) is 17.4 Å². The van der Waals surface area contributed by atoms with Crippen molar-refractivity contribution >= 4 is 23.6 Å². The number of benzene rings is 2. The predicted octanol–water partition coefficient (Wildman–Crippen LogP) is 4.05. The van der Waals surface area contributed by atoms with Gasteiger partial charge in [0.1, 0.15) is 5.69 Å². The number of hydrogen-bond acceptors (Lipinski definition) is 5. The van der Waals surface area contributed by atoms with E-state index in [4.69, 9.17) is 25.6 Å². The summed E-state index contributed by atoms with van der Waals surface area (Å²) in [6.07, 6.45) is 3.16. The summed E-state index contributed by atoms with van der Waals surface area (Å²) < 4.78 is 15.9. The Labute approximate surface area is 160 Å². The predicted molar refractivity (Wildman–Crippen MR) is 100 cm³/mol. The maximum absolute atomic E-state index is 12.0. The van der Waals surface area contributed by atoms with Crippen LogP contribution in [-0.4, -0.2) is 17.9 Å². The molecular weight excluding hydrogens is 368 g/mol. The van der Waals surface area contributed by atoms with Crippen LogP contribution >= 0.6 is 11.6 Å². The maximum atomic E-state index is 12.0. The van der Waals surface area contributed by atoms with Crippen LogP contribution in [0.1, 0.15) is 11.3 Å². The lowest BCUT2D eigenvalue weighted by Gasteiger charge is -1.99. The average Bonchev–Trinajstić information content (AvgIpc) is 3.34. The number of amides is 1. The molecule has 2 heterocycles. The van der Waals surface area contributed by atoms with Crippen molar-refractivity contribution in [3.05, 3.63) is 70.9 Å². The molecule has 0 saturated carbocycles. The highest BCUT2D eigenvalue weighted by molar-refractivity contribution is 6.30. The van der Waals surface area contributed by atoms with E-state index in [1.54, 1.807) is 24.3 Å². The van der Waals surface area contributed by atoms with Crippen molar-refractivity contribution in [2.45, 2.75) is 6.54 Å². The summed E-state index contributed by atoms with van der Waals surface area (Å²) in [6, 6.07) is 14.5. The van der Waals surface area contributed by atoms with Gasteiger partial charge < -0.3 is 19.3 Å². The molecule has 7 heteroatoms. The van der Waals surface area contributed by atoms with Crippen molar-refractivity contribution in [3.63, 3.8) is 0 Å². The van der Waals surface area contributed by atoms with Crippen LogP contribution in [0.5, 0.6) is 11.5 Å². The van der Waals surface area contributed by atoms with Gasteiger partial charge in [-0.2, -0.15) is 0 Å². The minimum Gasteiger partial charge on any atom is -0.454 e. The highest BCUT2D eigenvalue weighted by Gasteiger charge is 2.12. The van der Waals surface area contributed by atoms with E-state index in [0.717, 1.165) is 11.1 Å². The SMILES string of the molecule is O=C(/C=C/c1ccc2c(c1)OCO2)NCc1cc(-c2ccc(Cl)cc2)on1. The molecule has 1 aromatic heterocycles. The first-order valence-electron chi connectivity index (χ1n) is 8.24. The van der Waals surface area contributed by atoms with Gasteiger partial charge in [-0.3, -0.25) is 4.79 Å². The van der Waals surface area contributed by atoms with Gasteiger partial charge in [-0.25, -0.2) is 0 Å². The first-order chi connectivity index (χ1) is 13.2. The molecule has 1 aliphatic heterocycles. The van der Waals surface area contributed by atoms with Crippen molar-refractivity contribution in [3.8, 4) is 22.8 Å². The van der Waals surface area contributed by atoms with Gasteiger partial charge in [-0.05, 0) is 48.0 Å². The van der Waals surface area contributed by atoms with Crippen LogP contribution < -0.4 is 14.8 Å². The number of aromatic nitrogens is 1. The molecule has 3 aromatic rings. The number of carbonyl (C=O) groups excluding carboxylic acids is 1. The quantitative estimate of drug-likeness (QED) is 0.674. The van der Waals surface area contributed by atoms with E-state index < -0.39 is 0 Å². The topological polar surface area (TPSA) is 73.6 Å². The molecule has 0 radical (unpaired) electrons. The van der Waals surface area contributed by atoms with E-state index in [2.05, 4.69) is 10.5 Å². The molecule has 0 aliphatic carbocycles. The smallest absolute Gasteiger partial charge is 0.244 e. The molecule has 1 N–H and O–H groups in total. The van der Waals surface area contributed by atoms with Crippen molar-refractivity contribution < 1.29 is 18.8 Å². The number of rotatable bonds is 5. The first kappa shape index (κ1) is 17.2. The second-order valence-electron chi connectivity index (χ2n) is 5.85. The molecule has 0 atom stereocenters. The van der Waals surface area contributed by atoms with E-state index in [1.807, 2.05) is 30.3 Å². The third kappa shape index (κ3) is 4.12. The zero-order chi connectivity index (χ0) is 18.6. The van der Waals surface area contributed by atoms with Gasteiger partial charge in [-0.1, -0.05) is 22.8 Å². The minimum atomic E-state index is -0.233. The van der Waals surface area contributed by atoms with E-state index >= 15 is 0 Å².